The van der Waals surface area contributed by atoms with E-state index in [2.05, 4.69) is 42.8 Å². The molecule has 1 fully saturated rings. The van der Waals surface area contributed by atoms with E-state index in [-0.39, 0.29) is 4.90 Å². The number of sulfone groups is 1. The molecule has 154 valence electrons. The van der Waals surface area contributed by atoms with Crippen molar-refractivity contribution in [3.05, 3.63) is 52.5 Å². The number of piperazine rings is 1. The van der Waals surface area contributed by atoms with Crippen LogP contribution in [0.4, 0.5) is 0 Å². The molecule has 10 heteroatoms. The molecule has 4 rings (SSSR count). The summed E-state index contributed by atoms with van der Waals surface area (Å²) < 4.78 is 25.0. The molecule has 0 saturated carbocycles. The van der Waals surface area contributed by atoms with E-state index in [0.29, 0.717) is 6.54 Å². The third-order valence-corrected chi connectivity index (χ3v) is 7.19. The molecule has 29 heavy (non-hydrogen) atoms. The highest BCUT2D eigenvalue weighted by molar-refractivity contribution is 7.90. The van der Waals surface area contributed by atoms with Gasteiger partial charge >= 0.3 is 0 Å². The van der Waals surface area contributed by atoms with Crippen molar-refractivity contribution in [2.75, 3.05) is 39.0 Å². The van der Waals surface area contributed by atoms with Crippen molar-refractivity contribution in [1.82, 2.24) is 30.0 Å². The van der Waals surface area contributed by atoms with Gasteiger partial charge in [0.25, 0.3) is 0 Å². The van der Waals surface area contributed by atoms with E-state index in [9.17, 15) is 8.42 Å². The predicted octanol–water partition coefficient (Wildman–Crippen LogP) is 1.49. The molecule has 1 saturated heterocycles. The molecule has 0 aliphatic carbocycles. The lowest BCUT2D eigenvalue weighted by atomic mass is 10.2. The molecule has 3 aromatic rings. The van der Waals surface area contributed by atoms with E-state index in [1.807, 2.05) is 11.3 Å². The molecule has 0 atom stereocenters. The highest BCUT2D eigenvalue weighted by atomic mass is 32.2. The molecule has 8 nitrogen and oxygen atoms in total. The van der Waals surface area contributed by atoms with Gasteiger partial charge < -0.3 is 4.90 Å². The maximum absolute atomic E-state index is 11.6. The van der Waals surface area contributed by atoms with Gasteiger partial charge in [0.2, 0.25) is 0 Å². The van der Waals surface area contributed by atoms with Crippen LogP contribution < -0.4 is 0 Å². The average Bonchev–Trinajstić information content (AvgIpc) is 3.39. The number of tetrazole rings is 1. The molecule has 1 aliphatic rings. The molecule has 3 heterocycles. The van der Waals surface area contributed by atoms with E-state index in [0.717, 1.165) is 50.7 Å². The van der Waals surface area contributed by atoms with Crippen molar-refractivity contribution < 1.29 is 8.42 Å². The van der Waals surface area contributed by atoms with Crippen LogP contribution in [0.2, 0.25) is 0 Å². The highest BCUT2D eigenvalue weighted by Crippen LogP contribution is 2.16. The van der Waals surface area contributed by atoms with E-state index < -0.39 is 9.84 Å². The molecule has 0 spiro atoms. The van der Waals surface area contributed by atoms with Crippen molar-refractivity contribution in [2.45, 2.75) is 17.9 Å². The lowest BCUT2D eigenvalue weighted by Crippen LogP contribution is -2.46. The summed E-state index contributed by atoms with van der Waals surface area (Å²) in [6.07, 6.45) is 2.31. The second kappa shape index (κ2) is 8.70. The minimum atomic E-state index is -3.22. The number of nitrogens with zero attached hydrogens (tertiary/aromatic N) is 6. The highest BCUT2D eigenvalue weighted by Gasteiger charge is 2.20. The normalized spacial score (nSPS) is 16.3. The van der Waals surface area contributed by atoms with Crippen molar-refractivity contribution in [1.29, 1.82) is 0 Å². The second-order valence-electron chi connectivity index (χ2n) is 7.22. The third kappa shape index (κ3) is 5.08. The first-order chi connectivity index (χ1) is 14.0. The number of hydrogen-bond donors (Lipinski definition) is 0. The van der Waals surface area contributed by atoms with Gasteiger partial charge in [-0.2, -0.15) is 4.68 Å². The standard InChI is InChI=1S/C19H24N6O2S2/c1-29(26,27)18-6-4-16(5-7-18)25-19(20-21-22-25)15-24-12-10-23(11-13-24)9-8-17-3-2-14-28-17/h2-7,14H,8-13,15H2,1H3. The summed E-state index contributed by atoms with van der Waals surface area (Å²) >= 11 is 1.82. The Morgan fingerprint density at radius 2 is 1.76 bits per heavy atom. The maximum atomic E-state index is 11.6. The van der Waals surface area contributed by atoms with Crippen LogP contribution in [0, 0.1) is 0 Å². The van der Waals surface area contributed by atoms with Gasteiger partial charge in [-0.15, -0.1) is 16.4 Å². The van der Waals surface area contributed by atoms with E-state index >= 15 is 0 Å². The quantitative estimate of drug-likeness (QED) is 0.559. The number of thiophene rings is 1. The fourth-order valence-electron chi connectivity index (χ4n) is 3.43. The zero-order valence-corrected chi connectivity index (χ0v) is 17.9. The van der Waals surface area contributed by atoms with Crippen LogP contribution in [-0.2, 0) is 22.8 Å². The fraction of sp³-hybridized carbons (Fsp3) is 0.421. The van der Waals surface area contributed by atoms with Crippen LogP contribution in [0.1, 0.15) is 10.7 Å². The fourth-order valence-corrected chi connectivity index (χ4v) is 4.76. The summed E-state index contributed by atoms with van der Waals surface area (Å²) in [4.78, 5) is 6.58. The second-order valence-corrected chi connectivity index (χ2v) is 10.3. The van der Waals surface area contributed by atoms with E-state index in [4.69, 9.17) is 0 Å². The molecule has 1 aromatic carbocycles. The minimum Gasteiger partial charge on any atom is -0.300 e. The molecule has 0 radical (unpaired) electrons. The van der Waals surface area contributed by atoms with Gasteiger partial charge in [0.05, 0.1) is 17.1 Å². The minimum absolute atomic E-state index is 0.287. The van der Waals surface area contributed by atoms with E-state index in [1.165, 1.54) is 11.1 Å². The van der Waals surface area contributed by atoms with Gasteiger partial charge in [-0.05, 0) is 52.6 Å². The van der Waals surface area contributed by atoms with Gasteiger partial charge in [-0.25, -0.2) is 8.42 Å². The molecule has 0 N–H and O–H groups in total. The SMILES string of the molecule is CS(=O)(=O)c1ccc(-n2nnnc2CN2CCN(CCc3cccs3)CC2)cc1. The van der Waals surface area contributed by atoms with Gasteiger partial charge in [-0.3, -0.25) is 4.90 Å². The Balaban J connectivity index is 1.34. The lowest BCUT2D eigenvalue weighted by Gasteiger charge is -2.34. The monoisotopic (exact) mass is 432 g/mol. The number of hydrogen-bond acceptors (Lipinski definition) is 8. The Bertz CT molecular complexity index is 1020. The smallest absolute Gasteiger partial charge is 0.175 e. The van der Waals surface area contributed by atoms with Gasteiger partial charge in [0.15, 0.2) is 15.7 Å². The van der Waals surface area contributed by atoms with Crippen molar-refractivity contribution >= 4 is 21.2 Å². The van der Waals surface area contributed by atoms with Crippen LogP contribution in [0.15, 0.2) is 46.7 Å². The van der Waals surface area contributed by atoms with E-state index in [1.54, 1.807) is 28.9 Å². The van der Waals surface area contributed by atoms with Crippen molar-refractivity contribution in [2.24, 2.45) is 0 Å². The third-order valence-electron chi connectivity index (χ3n) is 5.13. The number of benzene rings is 1. The Morgan fingerprint density at radius 3 is 2.41 bits per heavy atom. The molecule has 2 aromatic heterocycles. The molecule has 0 bridgehead atoms. The van der Waals surface area contributed by atoms with Gasteiger partial charge in [0, 0.05) is 43.9 Å². The van der Waals surface area contributed by atoms with Crippen molar-refractivity contribution in [3.63, 3.8) is 0 Å². The Hall–Kier alpha value is -2.14. The summed E-state index contributed by atoms with van der Waals surface area (Å²) in [7, 11) is -3.22. The molecule has 1 aliphatic heterocycles. The Kier molecular flexibility index (Phi) is 6.04. The molecule has 0 unspecified atom stereocenters. The van der Waals surface area contributed by atoms with Crippen molar-refractivity contribution in [3.8, 4) is 5.69 Å². The summed E-state index contributed by atoms with van der Waals surface area (Å²) in [6.45, 7) is 5.79. The van der Waals surface area contributed by atoms with Gasteiger partial charge in [-0.1, -0.05) is 6.07 Å². The Labute approximate surface area is 174 Å². The first kappa shape index (κ1) is 20.1. The maximum Gasteiger partial charge on any atom is 0.175 e. The predicted molar refractivity (Wildman–Crippen MR) is 112 cm³/mol. The summed E-state index contributed by atoms with van der Waals surface area (Å²) in [5.74, 6) is 0.754. The van der Waals surface area contributed by atoms with Gasteiger partial charge in [0.1, 0.15) is 0 Å². The molecule has 0 amide bonds. The number of aromatic nitrogens is 4. The zero-order valence-electron chi connectivity index (χ0n) is 16.3. The lowest BCUT2D eigenvalue weighted by molar-refractivity contribution is 0.125. The average molecular weight is 433 g/mol. The largest absolute Gasteiger partial charge is 0.300 e. The Morgan fingerprint density at radius 1 is 1.03 bits per heavy atom. The van der Waals surface area contributed by atoms with Crippen LogP contribution >= 0.6 is 11.3 Å². The molecular weight excluding hydrogens is 408 g/mol. The number of rotatable bonds is 7. The van der Waals surface area contributed by atoms with Crippen LogP contribution in [-0.4, -0.2) is 77.4 Å². The zero-order chi connectivity index (χ0) is 20.3. The summed E-state index contributed by atoms with van der Waals surface area (Å²) in [5.41, 5.74) is 0.756. The molecular formula is C19H24N6O2S2. The summed E-state index contributed by atoms with van der Waals surface area (Å²) in [5, 5.41) is 14.2. The van der Waals surface area contributed by atoms with Crippen LogP contribution in [0.3, 0.4) is 0 Å². The van der Waals surface area contributed by atoms with Crippen LogP contribution in [0.25, 0.3) is 5.69 Å². The van der Waals surface area contributed by atoms with Crippen LogP contribution in [0.5, 0.6) is 0 Å². The first-order valence-corrected chi connectivity index (χ1v) is 12.3. The topological polar surface area (TPSA) is 84.2 Å². The summed E-state index contributed by atoms with van der Waals surface area (Å²) in [6, 6.07) is 10.9. The first-order valence-electron chi connectivity index (χ1n) is 9.54.